The van der Waals surface area contributed by atoms with Crippen LogP contribution in [0.15, 0.2) is 18.5 Å². The Hall–Kier alpha value is -0.270. The largest absolute Gasteiger partial charge is 0.263 e. The molecule has 1 aliphatic carbocycles. The molecule has 0 spiro atoms. The van der Waals surface area contributed by atoms with Crippen LogP contribution in [0.2, 0.25) is 5.02 Å². The van der Waals surface area contributed by atoms with E-state index < -0.39 is 0 Å². The molecule has 0 aliphatic heterocycles. The van der Waals surface area contributed by atoms with Crippen molar-refractivity contribution in [1.82, 2.24) is 4.98 Å². The van der Waals surface area contributed by atoms with E-state index in [1.54, 1.807) is 12.4 Å². The van der Waals surface area contributed by atoms with Gasteiger partial charge in [0.2, 0.25) is 0 Å². The zero-order valence-corrected chi connectivity index (χ0v) is 12.3. The quantitative estimate of drug-likeness (QED) is 0.735. The van der Waals surface area contributed by atoms with Crippen LogP contribution in [0.25, 0.3) is 0 Å². The smallest absolute Gasteiger partial charge is 0.0621 e. The van der Waals surface area contributed by atoms with Crippen molar-refractivity contribution in [3.63, 3.8) is 0 Å². The Morgan fingerprint density at radius 1 is 1.29 bits per heavy atom. The van der Waals surface area contributed by atoms with Crippen molar-refractivity contribution in [2.75, 3.05) is 0 Å². The lowest BCUT2D eigenvalue weighted by Gasteiger charge is -2.12. The Bertz CT molecular complexity index is 412. The first kappa shape index (κ1) is 13.2. The highest BCUT2D eigenvalue weighted by Crippen LogP contribution is 2.70. The zero-order chi connectivity index (χ0) is 12.8. The third kappa shape index (κ3) is 2.08. The number of hydrogen-bond donors (Lipinski definition) is 0. The first-order valence-corrected chi connectivity index (χ1v) is 6.82. The average molecular weight is 272 g/mol. The van der Waals surface area contributed by atoms with Gasteiger partial charge < -0.3 is 0 Å². The molecular formula is C14H19Cl2N. The lowest BCUT2D eigenvalue weighted by Crippen LogP contribution is -2.11. The highest BCUT2D eigenvalue weighted by atomic mass is 35.5. The molecule has 1 heterocycles. The molecular weight excluding hydrogens is 253 g/mol. The van der Waals surface area contributed by atoms with Crippen LogP contribution in [-0.2, 0) is 6.42 Å². The van der Waals surface area contributed by atoms with E-state index in [0.717, 1.165) is 17.0 Å². The molecule has 1 saturated carbocycles. The normalized spacial score (nSPS) is 23.4. The Morgan fingerprint density at radius 2 is 1.88 bits per heavy atom. The fourth-order valence-electron chi connectivity index (χ4n) is 3.05. The lowest BCUT2D eigenvalue weighted by atomic mass is 10.0. The Labute approximate surface area is 114 Å². The molecule has 0 bridgehead atoms. The summed E-state index contributed by atoms with van der Waals surface area (Å²) in [6, 6.07) is 1.96. The summed E-state index contributed by atoms with van der Waals surface area (Å²) >= 11 is 12.7. The van der Waals surface area contributed by atoms with Crippen LogP contribution in [0.4, 0.5) is 0 Å². The molecule has 1 aromatic rings. The molecule has 0 N–H and O–H groups in total. The van der Waals surface area contributed by atoms with Crippen LogP contribution < -0.4 is 0 Å². The van der Waals surface area contributed by atoms with Crippen LogP contribution in [0.1, 0.15) is 33.3 Å². The van der Waals surface area contributed by atoms with Gasteiger partial charge in [0.05, 0.1) is 5.02 Å². The zero-order valence-electron chi connectivity index (χ0n) is 10.8. The molecule has 1 aromatic heterocycles. The van der Waals surface area contributed by atoms with Gasteiger partial charge in [-0.3, -0.25) is 4.98 Å². The summed E-state index contributed by atoms with van der Waals surface area (Å²) < 4.78 is 0. The number of hydrogen-bond acceptors (Lipinski definition) is 1. The molecule has 0 radical (unpaired) electrons. The van der Waals surface area contributed by atoms with Crippen LogP contribution in [0, 0.1) is 16.7 Å². The fourth-order valence-corrected chi connectivity index (χ4v) is 4.04. The minimum absolute atomic E-state index is 0.139. The number of aromatic nitrogens is 1. The molecule has 1 atom stereocenters. The minimum atomic E-state index is 0.139. The topological polar surface area (TPSA) is 12.9 Å². The van der Waals surface area contributed by atoms with E-state index in [-0.39, 0.29) is 5.38 Å². The maximum absolute atomic E-state index is 6.57. The Morgan fingerprint density at radius 3 is 2.35 bits per heavy atom. The number of rotatable bonds is 3. The highest BCUT2D eigenvalue weighted by Gasteiger charge is 2.66. The van der Waals surface area contributed by atoms with E-state index >= 15 is 0 Å². The second kappa shape index (κ2) is 4.13. The number of nitrogens with zero attached hydrogens (tertiary/aromatic N) is 1. The summed E-state index contributed by atoms with van der Waals surface area (Å²) in [5, 5.41) is 0.856. The summed E-state index contributed by atoms with van der Waals surface area (Å²) in [6.45, 7) is 9.17. The molecule has 3 heteroatoms. The van der Waals surface area contributed by atoms with Crippen molar-refractivity contribution >= 4 is 23.2 Å². The number of pyridine rings is 1. The van der Waals surface area contributed by atoms with Crippen molar-refractivity contribution in [2.45, 2.75) is 39.5 Å². The van der Waals surface area contributed by atoms with Gasteiger partial charge in [-0.15, -0.1) is 11.6 Å². The summed E-state index contributed by atoms with van der Waals surface area (Å²) in [5.41, 5.74) is 1.73. The first-order valence-electron chi connectivity index (χ1n) is 6.01. The third-order valence-corrected chi connectivity index (χ3v) is 5.51. The van der Waals surface area contributed by atoms with E-state index in [0.29, 0.717) is 16.7 Å². The average Bonchev–Trinajstić information content (AvgIpc) is 2.61. The maximum atomic E-state index is 6.57. The van der Waals surface area contributed by atoms with Gasteiger partial charge in [0, 0.05) is 17.8 Å². The molecule has 0 aromatic carbocycles. The molecule has 1 fully saturated rings. The van der Waals surface area contributed by atoms with Gasteiger partial charge in [-0.25, -0.2) is 0 Å². The molecule has 0 amide bonds. The fraction of sp³-hybridized carbons (Fsp3) is 0.643. The molecule has 17 heavy (non-hydrogen) atoms. The molecule has 1 aliphatic rings. The molecule has 94 valence electrons. The van der Waals surface area contributed by atoms with E-state index in [9.17, 15) is 0 Å². The van der Waals surface area contributed by atoms with Crippen molar-refractivity contribution in [2.24, 2.45) is 16.7 Å². The molecule has 1 nitrogen and oxygen atoms in total. The summed E-state index contributed by atoms with van der Waals surface area (Å²) in [6.07, 6.45) is 4.28. The van der Waals surface area contributed by atoms with Crippen molar-refractivity contribution in [3.8, 4) is 0 Å². The summed E-state index contributed by atoms with van der Waals surface area (Å²) in [4.78, 5) is 3.99. The summed E-state index contributed by atoms with van der Waals surface area (Å²) in [7, 11) is 0. The van der Waals surface area contributed by atoms with E-state index in [2.05, 4.69) is 32.7 Å². The van der Waals surface area contributed by atoms with Crippen LogP contribution in [-0.4, -0.2) is 10.4 Å². The van der Waals surface area contributed by atoms with Gasteiger partial charge in [-0.1, -0.05) is 39.3 Å². The monoisotopic (exact) mass is 271 g/mol. The van der Waals surface area contributed by atoms with E-state index in [4.69, 9.17) is 23.2 Å². The number of halogens is 2. The van der Waals surface area contributed by atoms with Crippen LogP contribution in [0.5, 0.6) is 0 Å². The van der Waals surface area contributed by atoms with Crippen LogP contribution in [0.3, 0.4) is 0 Å². The number of alkyl halides is 1. The maximum Gasteiger partial charge on any atom is 0.0621 e. The van der Waals surface area contributed by atoms with Crippen molar-refractivity contribution in [1.29, 1.82) is 0 Å². The highest BCUT2D eigenvalue weighted by molar-refractivity contribution is 6.31. The summed E-state index contributed by atoms with van der Waals surface area (Å²) in [5.74, 6) is 0.542. The van der Waals surface area contributed by atoms with Gasteiger partial charge in [-0.2, -0.15) is 0 Å². The predicted octanol–water partition coefficient (Wildman–Crippen LogP) is 4.57. The van der Waals surface area contributed by atoms with Gasteiger partial charge in [0.1, 0.15) is 0 Å². The Balaban J connectivity index is 2.10. The van der Waals surface area contributed by atoms with E-state index in [1.807, 2.05) is 6.07 Å². The third-order valence-electron chi connectivity index (χ3n) is 4.77. The second-order valence-electron chi connectivity index (χ2n) is 6.11. The molecule has 2 rings (SSSR count). The first-order chi connectivity index (χ1) is 7.78. The molecule has 0 saturated heterocycles. The van der Waals surface area contributed by atoms with Crippen LogP contribution >= 0.6 is 23.2 Å². The van der Waals surface area contributed by atoms with E-state index in [1.165, 1.54) is 0 Å². The molecule has 1 unspecified atom stereocenters. The second-order valence-corrected chi connectivity index (χ2v) is 7.08. The van der Waals surface area contributed by atoms with Gasteiger partial charge in [0.25, 0.3) is 0 Å². The van der Waals surface area contributed by atoms with Crippen molar-refractivity contribution < 1.29 is 0 Å². The van der Waals surface area contributed by atoms with Gasteiger partial charge >= 0.3 is 0 Å². The van der Waals surface area contributed by atoms with Gasteiger partial charge in [0.15, 0.2) is 0 Å². The predicted molar refractivity (Wildman–Crippen MR) is 73.6 cm³/mol. The SMILES string of the molecule is CC1(C)C(C(Cl)Cc2ccncc2Cl)C1(C)C. The minimum Gasteiger partial charge on any atom is -0.263 e. The van der Waals surface area contributed by atoms with Gasteiger partial charge in [-0.05, 0) is 34.8 Å². The lowest BCUT2D eigenvalue weighted by molar-refractivity contribution is 0.457. The Kier molecular flexibility index (Phi) is 3.20. The standard InChI is InChI=1S/C14H19Cl2N/c1-13(2)12(14(13,3)4)10(15)7-9-5-6-17-8-11(9)16/h5-6,8,10,12H,7H2,1-4H3. The van der Waals surface area contributed by atoms with Crippen molar-refractivity contribution in [3.05, 3.63) is 29.0 Å².